The summed E-state index contributed by atoms with van der Waals surface area (Å²) in [6.07, 6.45) is -0.802. The van der Waals surface area contributed by atoms with Crippen LogP contribution in [0.4, 0.5) is 0 Å². The van der Waals surface area contributed by atoms with Gasteiger partial charge in [-0.2, -0.15) is 0 Å². The Morgan fingerprint density at radius 2 is 1.62 bits per heavy atom. The summed E-state index contributed by atoms with van der Waals surface area (Å²) in [6.45, 7) is 3.38. The molecule has 9 heteroatoms. The topological polar surface area (TPSA) is 80.9 Å². The number of nitrogens with zero attached hydrogens (tertiary/aromatic N) is 2. The van der Waals surface area contributed by atoms with E-state index in [9.17, 15) is 14.7 Å². The molecule has 0 fully saturated rings. The van der Waals surface area contributed by atoms with Gasteiger partial charge in [0, 0.05) is 5.02 Å². The standard InChI is InChI=1S/C33H29ClIN2O4S/c1-20-6-4-5-7-26(20)32(39)22-8-14-30-27(18-22)28-19-23(9-15-31(28)37(30)35-3)33(40)29(36-41-21(2)38)16-17-42-25-12-10-24(34)11-13-25/h4-15,18-19,21,38H,16-17H2,1-3H3/q-1/b36-29+. The van der Waals surface area contributed by atoms with Gasteiger partial charge in [-0.15, -0.1) is 0 Å². The molecule has 4 aromatic carbocycles. The third-order valence-corrected chi connectivity index (χ3v) is 10.1. The number of fused-ring (bicyclic) bond motifs is 3. The van der Waals surface area contributed by atoms with Gasteiger partial charge in [-0.25, -0.2) is 0 Å². The van der Waals surface area contributed by atoms with Gasteiger partial charge in [0.15, 0.2) is 0 Å². The molecule has 5 aromatic rings. The van der Waals surface area contributed by atoms with Gasteiger partial charge >= 0.3 is 237 Å². The first-order chi connectivity index (χ1) is 20.3. The summed E-state index contributed by atoms with van der Waals surface area (Å²) in [7, 11) is 0. The fraction of sp³-hybridized carbons (Fsp3) is 0.182. The summed E-state index contributed by atoms with van der Waals surface area (Å²) in [5, 5.41) is 16.2. The average Bonchev–Trinajstić information content (AvgIpc) is 3.31. The molecule has 1 heterocycles. The molecular weight excluding hydrogens is 683 g/mol. The van der Waals surface area contributed by atoms with Crippen molar-refractivity contribution in [2.24, 2.45) is 5.16 Å². The van der Waals surface area contributed by atoms with Gasteiger partial charge in [-0.05, 0) is 12.1 Å². The van der Waals surface area contributed by atoms with Crippen LogP contribution in [-0.4, -0.2) is 42.1 Å². The Hall–Kier alpha value is -3.18. The molecule has 0 radical (unpaired) electrons. The van der Waals surface area contributed by atoms with Gasteiger partial charge in [0.05, 0.1) is 0 Å². The van der Waals surface area contributed by atoms with Gasteiger partial charge < -0.3 is 0 Å². The summed E-state index contributed by atoms with van der Waals surface area (Å²) in [4.78, 5) is 35.4. The minimum absolute atomic E-state index is 0.0304. The predicted molar refractivity (Wildman–Crippen MR) is 167 cm³/mol. The zero-order valence-electron chi connectivity index (χ0n) is 23.3. The molecule has 0 spiro atoms. The van der Waals surface area contributed by atoms with Crippen LogP contribution in [0.1, 0.15) is 45.2 Å². The molecule has 0 bridgehead atoms. The molecule has 0 saturated heterocycles. The van der Waals surface area contributed by atoms with E-state index in [4.69, 9.17) is 16.4 Å². The number of ketones is 2. The van der Waals surface area contributed by atoms with Gasteiger partial charge in [0.2, 0.25) is 0 Å². The second-order valence-corrected chi connectivity index (χ2v) is 13.2. The maximum atomic E-state index is 13.7. The number of aliphatic hydroxyl groups is 1. The van der Waals surface area contributed by atoms with Crippen LogP contribution >= 0.6 is 23.4 Å². The van der Waals surface area contributed by atoms with E-state index in [1.807, 2.05) is 91.9 Å². The van der Waals surface area contributed by atoms with Crippen LogP contribution in [-0.2, 0) is 4.84 Å². The Morgan fingerprint density at radius 1 is 0.976 bits per heavy atom. The number of aryl methyl sites for hydroxylation is 1. The quantitative estimate of drug-likeness (QED) is 0.0414. The van der Waals surface area contributed by atoms with Crippen LogP contribution in [0.5, 0.6) is 0 Å². The summed E-state index contributed by atoms with van der Waals surface area (Å²) in [5.41, 5.74) is 4.96. The third kappa shape index (κ3) is 6.57. The zero-order chi connectivity index (χ0) is 29.8. The molecule has 1 atom stereocenters. The SMILES string of the molecule is C[I-]n1c2ccc(C(=O)/C(CCSc3ccc(Cl)cc3)=N/OC(C)O)cc2c2cc(C(=O)c3ccccc3C)ccc21. The molecule has 1 unspecified atom stereocenters. The van der Waals surface area contributed by atoms with Gasteiger partial charge in [0.1, 0.15) is 0 Å². The molecule has 0 saturated carbocycles. The molecule has 0 aliphatic rings. The monoisotopic (exact) mass is 711 g/mol. The van der Waals surface area contributed by atoms with Crippen LogP contribution in [0.15, 0.2) is 95.0 Å². The van der Waals surface area contributed by atoms with Gasteiger partial charge in [0.25, 0.3) is 0 Å². The second-order valence-electron chi connectivity index (χ2n) is 9.68. The average molecular weight is 712 g/mol. The Kier molecular flexibility index (Phi) is 9.67. The van der Waals surface area contributed by atoms with E-state index in [2.05, 4.69) is 12.9 Å². The Balaban J connectivity index is 1.50. The number of hydrogen-bond acceptors (Lipinski definition) is 6. The fourth-order valence-electron chi connectivity index (χ4n) is 4.73. The van der Waals surface area contributed by atoms with Crippen molar-refractivity contribution in [2.75, 3.05) is 10.7 Å². The number of hydrogen-bond donors (Lipinski definition) is 1. The number of Topliss-reactive ketones (excluding diaryl/α,β-unsaturated/α-hetero) is 1. The van der Waals surface area contributed by atoms with Crippen LogP contribution in [0, 0.1) is 6.92 Å². The molecule has 0 amide bonds. The molecule has 216 valence electrons. The second kappa shape index (κ2) is 13.4. The van der Waals surface area contributed by atoms with E-state index in [0.717, 1.165) is 32.3 Å². The van der Waals surface area contributed by atoms with Crippen molar-refractivity contribution in [3.63, 3.8) is 0 Å². The predicted octanol–water partition coefficient (Wildman–Crippen LogP) is 4.55. The number of carbonyl (C=O) groups excluding carboxylic acids is 2. The van der Waals surface area contributed by atoms with Crippen molar-refractivity contribution in [1.82, 2.24) is 2.78 Å². The van der Waals surface area contributed by atoms with Crippen molar-refractivity contribution in [3.8, 4) is 0 Å². The molecule has 6 nitrogen and oxygen atoms in total. The summed E-state index contributed by atoms with van der Waals surface area (Å²) in [5.74, 6) is 0.285. The first-order valence-electron chi connectivity index (χ1n) is 13.3. The number of thioether (sulfide) groups is 1. The first kappa shape index (κ1) is 30.3. The third-order valence-electron chi connectivity index (χ3n) is 6.79. The van der Waals surface area contributed by atoms with Crippen LogP contribution in [0.3, 0.4) is 0 Å². The van der Waals surface area contributed by atoms with Crippen molar-refractivity contribution >= 4 is 62.4 Å². The Labute approximate surface area is 264 Å². The van der Waals surface area contributed by atoms with E-state index in [-0.39, 0.29) is 38.8 Å². The number of carbonyl (C=O) groups is 2. The number of aliphatic hydroxyl groups excluding tert-OH is 1. The van der Waals surface area contributed by atoms with Crippen LogP contribution in [0.2, 0.25) is 5.02 Å². The molecule has 5 rings (SSSR count). The zero-order valence-corrected chi connectivity index (χ0v) is 27.0. The van der Waals surface area contributed by atoms with Crippen molar-refractivity contribution in [2.45, 2.75) is 31.5 Å². The summed E-state index contributed by atoms with van der Waals surface area (Å²) >= 11 is 7.22. The van der Waals surface area contributed by atoms with E-state index in [1.165, 1.54) is 6.92 Å². The number of halogens is 2. The number of aromatic nitrogens is 1. The Morgan fingerprint density at radius 3 is 2.26 bits per heavy atom. The van der Waals surface area contributed by atoms with Gasteiger partial charge in [-0.1, -0.05) is 11.6 Å². The normalized spacial score (nSPS) is 12.6. The van der Waals surface area contributed by atoms with E-state index in [1.54, 1.807) is 11.8 Å². The summed E-state index contributed by atoms with van der Waals surface area (Å²) in [6, 6.07) is 26.6. The molecule has 0 aliphatic carbocycles. The first-order valence-corrected chi connectivity index (χ1v) is 17.8. The molecular formula is C33H29ClIN2O4S-. The maximum absolute atomic E-state index is 13.7. The van der Waals surface area contributed by atoms with Crippen LogP contribution < -0.4 is 21.5 Å². The molecule has 1 N–H and O–H groups in total. The van der Waals surface area contributed by atoms with Gasteiger partial charge in [-0.3, -0.25) is 0 Å². The molecule has 42 heavy (non-hydrogen) atoms. The Bertz CT molecular complexity index is 1820. The minimum atomic E-state index is -1.14. The molecule has 0 aliphatic heterocycles. The number of oxime groups is 1. The van der Waals surface area contributed by atoms with Crippen molar-refractivity contribution in [1.29, 1.82) is 0 Å². The van der Waals surface area contributed by atoms with Crippen LogP contribution in [0.25, 0.3) is 21.8 Å². The number of rotatable bonds is 11. The van der Waals surface area contributed by atoms with Crippen molar-refractivity contribution < 1.29 is 41.0 Å². The number of benzene rings is 4. The fourth-order valence-corrected chi connectivity index (χ4v) is 7.59. The summed E-state index contributed by atoms with van der Waals surface area (Å²) < 4.78 is 2.29. The van der Waals surface area contributed by atoms with Crippen molar-refractivity contribution in [3.05, 3.63) is 112 Å². The van der Waals surface area contributed by atoms with E-state index < -0.39 is 6.29 Å². The number of alkyl halides is 1. The van der Waals surface area contributed by atoms with E-state index >= 15 is 0 Å². The molecule has 1 aromatic heterocycles. The van der Waals surface area contributed by atoms with E-state index in [0.29, 0.717) is 33.9 Å².